The maximum Gasteiger partial charge on any atom is 0.316 e. The van der Waals surface area contributed by atoms with Gasteiger partial charge < -0.3 is 30.4 Å². The summed E-state index contributed by atoms with van der Waals surface area (Å²) in [7, 11) is 0. The molecule has 1 aliphatic heterocycles. The molecule has 0 bridgehead atoms. The molecule has 9 heteroatoms. The lowest BCUT2D eigenvalue weighted by atomic mass is 9.90. The smallest absolute Gasteiger partial charge is 0.316 e. The van der Waals surface area contributed by atoms with Crippen molar-refractivity contribution in [3.63, 3.8) is 0 Å². The van der Waals surface area contributed by atoms with Crippen LogP contribution in [0.25, 0.3) is 0 Å². The Hall–Kier alpha value is -4.11. The van der Waals surface area contributed by atoms with Crippen LogP contribution in [-0.4, -0.2) is 53.6 Å². The highest BCUT2D eigenvalue weighted by Gasteiger charge is 2.37. The molecule has 36 heavy (non-hydrogen) atoms. The number of carboxylic acid groups (broad SMARTS) is 1. The molecule has 3 amide bonds. The largest absolute Gasteiger partial charge is 0.481 e. The van der Waals surface area contributed by atoms with Crippen LogP contribution in [0.4, 0.5) is 16.2 Å². The highest BCUT2D eigenvalue weighted by atomic mass is 16.4. The van der Waals surface area contributed by atoms with Gasteiger partial charge in [-0.1, -0.05) is 43.3 Å². The average Bonchev–Trinajstić information content (AvgIpc) is 3.39. The standard InChI is InChI=1S/C27H30N4O5/c1-18-16-30(17-22(26(33)34)19-7-3-2-4-8-19)13-12-23(18)31(25(32)24-11-6-14-36-24)21-10-5-9-20(15-21)29-27(28)35/h2-11,14-15,18,22-23H,12-13,16-17H2,1H3,(H,33,34)(H3,28,29,35)/t18-,22?,23+/m1/s1. The molecule has 4 N–H and O–H groups in total. The molecule has 0 saturated carbocycles. The molecule has 2 heterocycles. The van der Waals surface area contributed by atoms with E-state index in [9.17, 15) is 19.5 Å². The molecule has 3 aromatic rings. The van der Waals surface area contributed by atoms with E-state index in [0.29, 0.717) is 37.4 Å². The summed E-state index contributed by atoms with van der Waals surface area (Å²) in [5.41, 5.74) is 7.14. The first-order valence-corrected chi connectivity index (χ1v) is 11.9. The van der Waals surface area contributed by atoms with Crippen LogP contribution in [0.3, 0.4) is 0 Å². The van der Waals surface area contributed by atoms with Gasteiger partial charge in [0.15, 0.2) is 5.76 Å². The summed E-state index contributed by atoms with van der Waals surface area (Å²) in [5, 5.41) is 12.4. The molecule has 1 aliphatic rings. The SMILES string of the molecule is C[C@@H]1CN(CC(C(=O)O)c2ccccc2)CC[C@@H]1N(C(=O)c1ccco1)c1cccc(NC(N)=O)c1. The topological polar surface area (TPSA) is 129 Å². The highest BCUT2D eigenvalue weighted by Crippen LogP contribution is 2.31. The Morgan fingerprint density at radius 3 is 2.56 bits per heavy atom. The number of aliphatic carboxylic acids is 1. The number of likely N-dealkylation sites (tertiary alicyclic amines) is 1. The normalized spacial score (nSPS) is 18.8. The zero-order valence-electron chi connectivity index (χ0n) is 20.0. The van der Waals surface area contributed by atoms with E-state index < -0.39 is 17.9 Å². The maximum absolute atomic E-state index is 13.5. The number of hydrogen-bond donors (Lipinski definition) is 3. The lowest BCUT2D eigenvalue weighted by Gasteiger charge is -2.43. The van der Waals surface area contributed by atoms with Crippen LogP contribution < -0.4 is 16.0 Å². The minimum absolute atomic E-state index is 0.0376. The first kappa shape index (κ1) is 25.0. The quantitative estimate of drug-likeness (QED) is 0.438. The van der Waals surface area contributed by atoms with Gasteiger partial charge in [-0.25, -0.2) is 4.79 Å². The fourth-order valence-corrected chi connectivity index (χ4v) is 4.89. The van der Waals surface area contributed by atoms with Crippen molar-refractivity contribution in [2.45, 2.75) is 25.3 Å². The van der Waals surface area contributed by atoms with Crippen molar-refractivity contribution in [1.29, 1.82) is 0 Å². The molecule has 1 unspecified atom stereocenters. The molecule has 2 aromatic carbocycles. The van der Waals surface area contributed by atoms with E-state index >= 15 is 0 Å². The van der Waals surface area contributed by atoms with E-state index in [0.717, 1.165) is 5.56 Å². The van der Waals surface area contributed by atoms with Crippen LogP contribution in [0, 0.1) is 5.92 Å². The van der Waals surface area contributed by atoms with Crippen LogP contribution in [0.5, 0.6) is 0 Å². The van der Waals surface area contributed by atoms with Crippen LogP contribution in [0.1, 0.15) is 35.4 Å². The van der Waals surface area contributed by atoms with Crippen LogP contribution in [-0.2, 0) is 4.79 Å². The predicted octanol–water partition coefficient (Wildman–Crippen LogP) is 4.00. The van der Waals surface area contributed by atoms with Gasteiger partial charge in [0.2, 0.25) is 0 Å². The Balaban J connectivity index is 1.56. The number of benzene rings is 2. The van der Waals surface area contributed by atoms with Crippen LogP contribution in [0.2, 0.25) is 0 Å². The summed E-state index contributed by atoms with van der Waals surface area (Å²) in [6, 6.07) is 18.6. The second kappa shape index (κ2) is 11.1. The Labute approximate surface area is 209 Å². The van der Waals surface area contributed by atoms with E-state index in [2.05, 4.69) is 17.1 Å². The summed E-state index contributed by atoms with van der Waals surface area (Å²) in [6.07, 6.45) is 2.10. The fourth-order valence-electron chi connectivity index (χ4n) is 4.89. The molecule has 0 spiro atoms. The number of carbonyl (C=O) groups excluding carboxylic acids is 2. The molecule has 0 radical (unpaired) electrons. The van der Waals surface area contributed by atoms with Crippen molar-refractivity contribution < 1.29 is 23.9 Å². The van der Waals surface area contributed by atoms with Gasteiger partial charge >= 0.3 is 12.0 Å². The molecular weight excluding hydrogens is 460 g/mol. The minimum atomic E-state index is -0.857. The molecule has 0 aliphatic carbocycles. The lowest BCUT2D eigenvalue weighted by Crippen LogP contribution is -2.53. The average molecular weight is 491 g/mol. The van der Waals surface area contributed by atoms with Crippen LogP contribution in [0.15, 0.2) is 77.4 Å². The number of primary amides is 1. The number of rotatable bonds is 8. The second-order valence-corrected chi connectivity index (χ2v) is 9.09. The van der Waals surface area contributed by atoms with E-state index in [1.54, 1.807) is 35.2 Å². The minimum Gasteiger partial charge on any atom is -0.481 e. The van der Waals surface area contributed by atoms with Gasteiger partial charge in [-0.05, 0) is 48.2 Å². The monoisotopic (exact) mass is 490 g/mol. The van der Waals surface area contributed by atoms with Gasteiger partial charge in [0.1, 0.15) is 0 Å². The molecular formula is C27H30N4O5. The number of nitrogens with one attached hydrogen (secondary N) is 1. The third kappa shape index (κ3) is 5.75. The molecule has 1 saturated heterocycles. The summed E-state index contributed by atoms with van der Waals surface area (Å²) in [6.45, 7) is 3.71. The first-order chi connectivity index (χ1) is 17.3. The second-order valence-electron chi connectivity index (χ2n) is 9.09. The summed E-state index contributed by atoms with van der Waals surface area (Å²) in [5.74, 6) is -1.52. The van der Waals surface area contributed by atoms with Gasteiger partial charge in [0, 0.05) is 37.1 Å². The summed E-state index contributed by atoms with van der Waals surface area (Å²) < 4.78 is 5.41. The Morgan fingerprint density at radius 1 is 1.14 bits per heavy atom. The van der Waals surface area contributed by atoms with Gasteiger partial charge in [0.05, 0.1) is 12.2 Å². The molecule has 4 rings (SSSR count). The van der Waals surface area contributed by atoms with Gasteiger partial charge in [0.25, 0.3) is 5.91 Å². The maximum atomic E-state index is 13.5. The van der Waals surface area contributed by atoms with Crippen molar-refractivity contribution in [3.05, 3.63) is 84.3 Å². The Kier molecular flexibility index (Phi) is 7.70. The van der Waals surface area contributed by atoms with Crippen molar-refractivity contribution in [2.24, 2.45) is 11.7 Å². The molecule has 9 nitrogen and oxygen atoms in total. The van der Waals surface area contributed by atoms with Gasteiger partial charge in [-0.3, -0.25) is 9.59 Å². The number of piperidine rings is 1. The van der Waals surface area contributed by atoms with E-state index in [1.807, 2.05) is 36.4 Å². The van der Waals surface area contributed by atoms with Gasteiger partial charge in [-0.2, -0.15) is 0 Å². The van der Waals surface area contributed by atoms with Crippen molar-refractivity contribution in [1.82, 2.24) is 4.90 Å². The highest BCUT2D eigenvalue weighted by molar-refractivity contribution is 6.05. The number of anilines is 2. The zero-order chi connectivity index (χ0) is 25.7. The number of hydrogen-bond acceptors (Lipinski definition) is 5. The lowest BCUT2D eigenvalue weighted by molar-refractivity contribution is -0.139. The van der Waals surface area contributed by atoms with E-state index in [-0.39, 0.29) is 23.6 Å². The number of furan rings is 1. The van der Waals surface area contributed by atoms with Crippen molar-refractivity contribution >= 4 is 29.3 Å². The molecule has 1 fully saturated rings. The van der Waals surface area contributed by atoms with Gasteiger partial charge in [-0.15, -0.1) is 0 Å². The third-order valence-electron chi connectivity index (χ3n) is 6.56. The van der Waals surface area contributed by atoms with Crippen LogP contribution >= 0.6 is 0 Å². The van der Waals surface area contributed by atoms with E-state index in [1.165, 1.54) is 6.26 Å². The number of nitrogens with zero attached hydrogens (tertiary/aromatic N) is 2. The fraction of sp³-hybridized carbons (Fsp3) is 0.296. The zero-order valence-corrected chi connectivity index (χ0v) is 20.0. The van der Waals surface area contributed by atoms with Crippen molar-refractivity contribution in [2.75, 3.05) is 29.9 Å². The van der Waals surface area contributed by atoms with Crippen molar-refractivity contribution in [3.8, 4) is 0 Å². The predicted molar refractivity (Wildman–Crippen MR) is 136 cm³/mol. The number of urea groups is 1. The number of amides is 3. The Morgan fingerprint density at radius 2 is 1.92 bits per heavy atom. The number of carbonyl (C=O) groups is 3. The number of carboxylic acids is 1. The molecule has 188 valence electrons. The molecule has 1 aromatic heterocycles. The summed E-state index contributed by atoms with van der Waals surface area (Å²) >= 11 is 0. The van der Waals surface area contributed by atoms with E-state index in [4.69, 9.17) is 10.2 Å². The Bertz CT molecular complexity index is 1200. The first-order valence-electron chi connectivity index (χ1n) is 11.9. The summed E-state index contributed by atoms with van der Waals surface area (Å²) in [4.78, 5) is 40.8. The molecule has 3 atom stereocenters. The third-order valence-corrected chi connectivity index (χ3v) is 6.56. The number of nitrogens with two attached hydrogens (primary N) is 1.